The molecule has 0 N–H and O–H groups in total. The zero-order valence-corrected chi connectivity index (χ0v) is 20.7. The van der Waals surface area contributed by atoms with Crippen LogP contribution < -0.4 is 0 Å². The van der Waals surface area contributed by atoms with Gasteiger partial charge in [-0.15, -0.1) is 34.1 Å². The lowest BCUT2D eigenvalue weighted by molar-refractivity contribution is 0.659. The molecule has 0 aliphatic heterocycles. The second-order valence-corrected chi connectivity index (χ2v) is 17.1. The highest BCUT2D eigenvalue weighted by Gasteiger charge is 2.10. The van der Waals surface area contributed by atoms with Crippen LogP contribution in [-0.2, 0) is 0 Å². The van der Waals surface area contributed by atoms with Crippen LogP contribution in [0.1, 0.15) is 117 Å². The number of rotatable bonds is 21. The van der Waals surface area contributed by atoms with Crippen molar-refractivity contribution in [1.29, 1.82) is 0 Å². The molecule has 0 aliphatic rings. The van der Waals surface area contributed by atoms with Gasteiger partial charge in [0.05, 0.1) is 5.53 Å². The summed E-state index contributed by atoms with van der Waals surface area (Å²) in [5, 5.41) is 0. The van der Waals surface area contributed by atoms with E-state index in [4.69, 9.17) is 0 Å². The van der Waals surface area contributed by atoms with Crippen molar-refractivity contribution in [2.75, 3.05) is 17.3 Å². The molecule has 0 saturated carbocycles. The second kappa shape index (κ2) is 23.5. The summed E-state index contributed by atoms with van der Waals surface area (Å²) in [6, 6.07) is 0. The number of hydrogen-bond donors (Lipinski definition) is 0. The Kier molecular flexibility index (Phi) is 24.9. The molecule has 0 aromatic heterocycles. The van der Waals surface area contributed by atoms with E-state index in [0.717, 1.165) is 0 Å². The number of hydrogen-bond acceptors (Lipinski definition) is 3. The summed E-state index contributed by atoms with van der Waals surface area (Å²) in [6.07, 6.45) is 21.4. The largest absolute Gasteiger partial charge is 0.112 e. The highest BCUT2D eigenvalue weighted by Crippen LogP contribution is 2.70. The Balaban J connectivity index is 3.76. The monoisotopic (exact) mass is 424 g/mol. The molecule has 0 fully saturated rings. The molecule has 0 unspecified atom stereocenters. The molecule has 0 amide bonds. The van der Waals surface area contributed by atoms with Gasteiger partial charge in [0.1, 0.15) is 0 Å². The van der Waals surface area contributed by atoms with E-state index in [9.17, 15) is 0 Å². The number of unbranched alkanes of at least 4 members (excludes halogenated alkanes) is 12. The van der Waals surface area contributed by atoms with E-state index in [1.165, 1.54) is 114 Å². The van der Waals surface area contributed by atoms with Gasteiger partial charge in [-0.2, -0.15) is 0 Å². The lowest BCUT2D eigenvalue weighted by Crippen LogP contribution is -1.83. The van der Waals surface area contributed by atoms with Crippen molar-refractivity contribution in [3.8, 4) is 0 Å². The van der Waals surface area contributed by atoms with Gasteiger partial charge in [-0.1, -0.05) is 97.8 Å². The fourth-order valence-electron chi connectivity index (χ4n) is 2.65. The van der Waals surface area contributed by atoms with Crippen LogP contribution in [0.25, 0.3) is 0 Å². The van der Waals surface area contributed by atoms with Gasteiger partial charge in [-0.3, -0.25) is 0 Å². The minimum atomic E-state index is 0.116. The van der Waals surface area contributed by atoms with Crippen molar-refractivity contribution in [1.82, 2.24) is 0 Å². The lowest BCUT2D eigenvalue weighted by Gasteiger charge is -2.15. The maximum absolute atomic E-state index is 2.31. The van der Waals surface area contributed by atoms with Gasteiger partial charge in [0.2, 0.25) is 0 Å². The van der Waals surface area contributed by atoms with E-state index in [0.29, 0.717) is 0 Å². The van der Waals surface area contributed by atoms with Crippen molar-refractivity contribution in [2.45, 2.75) is 117 Å². The van der Waals surface area contributed by atoms with E-state index < -0.39 is 0 Å². The highest BCUT2D eigenvalue weighted by molar-refractivity contribution is 9.12. The lowest BCUT2D eigenvalue weighted by atomic mass is 10.2. The minimum absolute atomic E-state index is 0.116. The second-order valence-electron chi connectivity index (χ2n) is 6.97. The third-order valence-electron chi connectivity index (χ3n) is 4.33. The molecule has 0 nitrogen and oxygen atoms in total. The average molecular weight is 425 g/mol. The van der Waals surface area contributed by atoms with Crippen LogP contribution in [0.3, 0.4) is 0 Å². The predicted molar refractivity (Wildman–Crippen MR) is 131 cm³/mol. The van der Waals surface area contributed by atoms with Crippen LogP contribution >= 0.6 is 39.7 Å². The molecule has 0 spiro atoms. The van der Waals surface area contributed by atoms with E-state index in [1.54, 1.807) is 0 Å². The molecule has 0 aliphatic carbocycles. The Morgan fingerprint density at radius 1 is 0.400 bits per heavy atom. The SMILES string of the molecule is CCCCCCCSP(SCCCCCCC)SCCCCCCC. The quantitative estimate of drug-likeness (QED) is 0.133. The Morgan fingerprint density at radius 3 is 0.960 bits per heavy atom. The zero-order chi connectivity index (χ0) is 18.4. The van der Waals surface area contributed by atoms with E-state index in [-0.39, 0.29) is 5.53 Å². The molecule has 4 heteroatoms. The molecule has 0 aromatic carbocycles. The molecule has 152 valence electrons. The molecule has 0 heterocycles. The van der Waals surface area contributed by atoms with Gasteiger partial charge in [-0.25, -0.2) is 0 Å². The summed E-state index contributed by atoms with van der Waals surface area (Å²) < 4.78 is 0. The fourth-order valence-corrected chi connectivity index (χ4v) is 13.5. The van der Waals surface area contributed by atoms with Gasteiger partial charge >= 0.3 is 0 Å². The van der Waals surface area contributed by atoms with Crippen molar-refractivity contribution >= 4 is 39.7 Å². The molecule has 0 aromatic rings. The van der Waals surface area contributed by atoms with Crippen LogP contribution in [-0.4, -0.2) is 17.3 Å². The van der Waals surface area contributed by atoms with Crippen molar-refractivity contribution in [3.63, 3.8) is 0 Å². The summed E-state index contributed by atoms with van der Waals surface area (Å²) in [7, 11) is 0. The summed E-state index contributed by atoms with van der Waals surface area (Å²) >= 11 is 6.92. The maximum atomic E-state index is 2.31. The van der Waals surface area contributed by atoms with E-state index >= 15 is 0 Å². The first-order chi connectivity index (χ1) is 12.3. The Bertz CT molecular complexity index is 201. The Morgan fingerprint density at radius 2 is 0.680 bits per heavy atom. The van der Waals surface area contributed by atoms with Crippen molar-refractivity contribution in [3.05, 3.63) is 0 Å². The summed E-state index contributed by atoms with van der Waals surface area (Å²) in [6.45, 7) is 6.92. The molecule has 25 heavy (non-hydrogen) atoms. The summed E-state index contributed by atoms with van der Waals surface area (Å²) in [5.74, 6) is 4.21. The molecule has 0 bridgehead atoms. The summed E-state index contributed by atoms with van der Waals surface area (Å²) in [5.41, 5.74) is 0.116. The average Bonchev–Trinajstić information content (AvgIpc) is 2.63. The van der Waals surface area contributed by atoms with Crippen LogP contribution in [0.2, 0.25) is 0 Å². The van der Waals surface area contributed by atoms with Gasteiger partial charge in [0.15, 0.2) is 0 Å². The van der Waals surface area contributed by atoms with Crippen LogP contribution in [0, 0.1) is 0 Å². The van der Waals surface area contributed by atoms with Gasteiger partial charge in [0, 0.05) is 0 Å². The van der Waals surface area contributed by atoms with E-state index in [1.807, 2.05) is 0 Å². The first-order valence-corrected chi connectivity index (χ1v) is 17.1. The maximum Gasteiger partial charge on any atom is 0.0729 e. The van der Waals surface area contributed by atoms with Crippen molar-refractivity contribution in [2.24, 2.45) is 0 Å². The highest BCUT2D eigenvalue weighted by atomic mass is 33.4. The fraction of sp³-hybridized carbons (Fsp3) is 1.00. The van der Waals surface area contributed by atoms with Gasteiger partial charge < -0.3 is 0 Å². The van der Waals surface area contributed by atoms with Gasteiger partial charge in [-0.05, 0) is 36.5 Å². The standard InChI is InChI=1S/C21H45PS3/c1-4-7-10-13-16-19-23-22(24-20-17-14-11-8-5-2)25-21-18-15-12-9-6-3/h4-21H2,1-3H3. The topological polar surface area (TPSA) is 0 Å². The molecule has 0 radical (unpaired) electrons. The first-order valence-electron chi connectivity index (χ1n) is 11.0. The van der Waals surface area contributed by atoms with Crippen molar-refractivity contribution < 1.29 is 0 Å². The predicted octanol–water partition coefficient (Wildman–Crippen LogP) is 10.3. The van der Waals surface area contributed by atoms with Gasteiger partial charge in [0.25, 0.3) is 0 Å². The zero-order valence-electron chi connectivity index (χ0n) is 17.4. The molecule has 0 saturated heterocycles. The smallest absolute Gasteiger partial charge is 0.0729 e. The molecular formula is C21H45PS3. The molecular weight excluding hydrogens is 379 g/mol. The third kappa shape index (κ3) is 21.6. The Hall–Kier alpha value is 1.48. The van der Waals surface area contributed by atoms with Crippen LogP contribution in [0.5, 0.6) is 0 Å². The normalized spacial score (nSPS) is 11.5. The molecule has 0 atom stereocenters. The Labute approximate surface area is 173 Å². The van der Waals surface area contributed by atoms with E-state index in [2.05, 4.69) is 54.9 Å². The van der Waals surface area contributed by atoms with Crippen LogP contribution in [0.4, 0.5) is 0 Å². The summed E-state index contributed by atoms with van der Waals surface area (Å²) in [4.78, 5) is 0. The first kappa shape index (κ1) is 26.5. The molecule has 0 rings (SSSR count). The minimum Gasteiger partial charge on any atom is -0.112 e. The third-order valence-corrected chi connectivity index (χ3v) is 15.6. The van der Waals surface area contributed by atoms with Crippen LogP contribution in [0.15, 0.2) is 0 Å².